The van der Waals surface area contributed by atoms with Crippen LogP contribution in [-0.2, 0) is 14.8 Å². The summed E-state index contributed by atoms with van der Waals surface area (Å²) in [5.74, 6) is -0.610. The summed E-state index contributed by atoms with van der Waals surface area (Å²) >= 11 is 0. The van der Waals surface area contributed by atoms with Gasteiger partial charge in [-0.25, -0.2) is 12.8 Å². The molecule has 2 aromatic rings. The highest BCUT2D eigenvalue weighted by Crippen LogP contribution is 2.23. The van der Waals surface area contributed by atoms with Crippen molar-refractivity contribution in [3.63, 3.8) is 0 Å². The lowest BCUT2D eigenvalue weighted by molar-refractivity contribution is -0.127. The van der Waals surface area contributed by atoms with Crippen LogP contribution in [0.4, 0.5) is 10.1 Å². The molecule has 2 amide bonds. The zero-order valence-corrected chi connectivity index (χ0v) is 19.8. The Hall–Kier alpha value is -2.94. The van der Waals surface area contributed by atoms with E-state index in [1.54, 1.807) is 17.0 Å². The molecule has 0 unspecified atom stereocenters. The van der Waals surface area contributed by atoms with E-state index in [9.17, 15) is 22.4 Å². The van der Waals surface area contributed by atoms with Crippen molar-refractivity contribution in [1.29, 1.82) is 0 Å². The molecule has 4 rings (SSSR count). The Bertz CT molecular complexity index is 1110. The number of hydrogen-bond acceptors (Lipinski definition) is 4. The molecule has 34 heavy (non-hydrogen) atoms. The van der Waals surface area contributed by atoms with Gasteiger partial charge in [0.2, 0.25) is 5.91 Å². The molecule has 9 heteroatoms. The number of amides is 2. The van der Waals surface area contributed by atoms with Gasteiger partial charge < -0.3 is 10.2 Å². The van der Waals surface area contributed by atoms with Crippen molar-refractivity contribution < 1.29 is 22.4 Å². The van der Waals surface area contributed by atoms with Crippen molar-refractivity contribution in [2.24, 2.45) is 5.92 Å². The summed E-state index contributed by atoms with van der Waals surface area (Å²) in [5.41, 5.74) is 0.758. The number of anilines is 1. The van der Waals surface area contributed by atoms with Crippen LogP contribution < -0.4 is 10.0 Å². The van der Waals surface area contributed by atoms with Gasteiger partial charge >= 0.3 is 0 Å². The van der Waals surface area contributed by atoms with Crippen LogP contribution in [0.1, 0.15) is 55.3 Å². The van der Waals surface area contributed by atoms with Gasteiger partial charge in [-0.15, -0.1) is 0 Å². The second kappa shape index (κ2) is 10.5. The fraction of sp³-hybridized carbons (Fsp3) is 0.440. The fourth-order valence-electron chi connectivity index (χ4n) is 4.60. The second-order valence-corrected chi connectivity index (χ2v) is 10.7. The standard InChI is InChI=1S/C25H30FN3O4S/c26-20-8-12-23(13-9-20)34(32,33)28-22-10-6-19(7-11-22)25(31)29-16-14-18(15-17-29)24(30)27-21-4-2-1-3-5-21/h6-13,18,21,28H,1-5,14-17H2,(H,27,30). The molecule has 2 N–H and O–H groups in total. The van der Waals surface area contributed by atoms with Crippen molar-refractivity contribution in [3.8, 4) is 0 Å². The molecule has 2 aliphatic rings. The van der Waals surface area contributed by atoms with Crippen LogP contribution in [0.25, 0.3) is 0 Å². The first kappa shape index (κ1) is 24.2. The first-order valence-electron chi connectivity index (χ1n) is 11.8. The summed E-state index contributed by atoms with van der Waals surface area (Å²) in [5, 5.41) is 3.19. The predicted octanol–water partition coefficient (Wildman–Crippen LogP) is 3.93. The number of halogens is 1. The molecule has 0 atom stereocenters. The topological polar surface area (TPSA) is 95.6 Å². The highest BCUT2D eigenvalue weighted by atomic mass is 32.2. The van der Waals surface area contributed by atoms with E-state index in [0.29, 0.717) is 43.2 Å². The van der Waals surface area contributed by atoms with Crippen molar-refractivity contribution in [2.45, 2.75) is 55.9 Å². The number of likely N-dealkylation sites (tertiary alicyclic amines) is 1. The molecule has 0 aromatic heterocycles. The molecule has 0 spiro atoms. The number of piperidine rings is 1. The molecule has 1 saturated heterocycles. The van der Waals surface area contributed by atoms with E-state index >= 15 is 0 Å². The Morgan fingerprint density at radius 2 is 1.47 bits per heavy atom. The second-order valence-electron chi connectivity index (χ2n) is 9.05. The molecule has 2 fully saturated rings. The Morgan fingerprint density at radius 3 is 2.09 bits per heavy atom. The number of nitrogens with one attached hydrogen (secondary N) is 2. The summed E-state index contributed by atoms with van der Waals surface area (Å²) < 4.78 is 40.4. The maximum Gasteiger partial charge on any atom is 0.261 e. The number of hydrogen-bond donors (Lipinski definition) is 2. The third-order valence-electron chi connectivity index (χ3n) is 6.61. The van der Waals surface area contributed by atoms with Crippen LogP contribution in [0.2, 0.25) is 0 Å². The monoisotopic (exact) mass is 487 g/mol. The van der Waals surface area contributed by atoms with Gasteiger partial charge in [0.15, 0.2) is 0 Å². The Balaban J connectivity index is 1.30. The van der Waals surface area contributed by atoms with Crippen LogP contribution in [0.5, 0.6) is 0 Å². The van der Waals surface area contributed by atoms with Gasteiger partial charge in [0.25, 0.3) is 15.9 Å². The van der Waals surface area contributed by atoms with Crippen LogP contribution in [0.3, 0.4) is 0 Å². The van der Waals surface area contributed by atoms with Gasteiger partial charge in [-0.05, 0) is 74.2 Å². The van der Waals surface area contributed by atoms with Crippen molar-refractivity contribution in [1.82, 2.24) is 10.2 Å². The van der Waals surface area contributed by atoms with E-state index in [1.165, 1.54) is 43.5 Å². The van der Waals surface area contributed by atoms with E-state index < -0.39 is 15.8 Å². The van der Waals surface area contributed by atoms with E-state index in [-0.39, 0.29) is 22.6 Å². The molecular weight excluding hydrogens is 457 g/mol. The molecule has 2 aromatic carbocycles. The SMILES string of the molecule is O=C(NC1CCCCC1)C1CCN(C(=O)c2ccc(NS(=O)(=O)c3ccc(F)cc3)cc2)CC1. The minimum absolute atomic E-state index is 0.0514. The molecule has 1 aliphatic heterocycles. The fourth-order valence-corrected chi connectivity index (χ4v) is 5.66. The summed E-state index contributed by atoms with van der Waals surface area (Å²) in [6, 6.07) is 11.0. The van der Waals surface area contributed by atoms with Crippen molar-refractivity contribution >= 4 is 27.5 Å². The van der Waals surface area contributed by atoms with E-state index in [2.05, 4.69) is 10.0 Å². The first-order chi connectivity index (χ1) is 16.3. The third-order valence-corrected chi connectivity index (χ3v) is 8.01. The zero-order chi connectivity index (χ0) is 24.1. The van der Waals surface area contributed by atoms with Gasteiger partial charge in [-0.3, -0.25) is 14.3 Å². The van der Waals surface area contributed by atoms with Gasteiger partial charge in [-0.2, -0.15) is 0 Å². The zero-order valence-electron chi connectivity index (χ0n) is 19.0. The molecule has 1 saturated carbocycles. The average molecular weight is 488 g/mol. The van der Waals surface area contributed by atoms with Crippen molar-refractivity contribution in [2.75, 3.05) is 17.8 Å². The normalized spacial score (nSPS) is 17.9. The number of rotatable bonds is 6. The van der Waals surface area contributed by atoms with Gasteiger partial charge in [0.1, 0.15) is 5.82 Å². The maximum atomic E-state index is 13.1. The lowest BCUT2D eigenvalue weighted by Gasteiger charge is -2.33. The largest absolute Gasteiger partial charge is 0.353 e. The summed E-state index contributed by atoms with van der Waals surface area (Å²) in [6.07, 6.45) is 6.97. The predicted molar refractivity (Wildman–Crippen MR) is 127 cm³/mol. The number of carbonyl (C=O) groups is 2. The van der Waals surface area contributed by atoms with Crippen LogP contribution >= 0.6 is 0 Å². The smallest absolute Gasteiger partial charge is 0.261 e. The lowest BCUT2D eigenvalue weighted by atomic mass is 9.92. The van der Waals surface area contributed by atoms with E-state index in [1.807, 2.05) is 0 Å². The molecule has 7 nitrogen and oxygen atoms in total. The van der Waals surface area contributed by atoms with Gasteiger partial charge in [-0.1, -0.05) is 19.3 Å². The quantitative estimate of drug-likeness (QED) is 0.646. The van der Waals surface area contributed by atoms with Gasteiger partial charge in [0, 0.05) is 36.3 Å². The molecule has 0 bridgehead atoms. The molecule has 182 valence electrons. The number of nitrogens with zero attached hydrogens (tertiary/aromatic N) is 1. The Labute approximate surface area is 199 Å². The summed E-state index contributed by atoms with van der Waals surface area (Å²) in [7, 11) is -3.86. The summed E-state index contributed by atoms with van der Waals surface area (Å²) in [4.78, 5) is 27.2. The number of sulfonamides is 1. The first-order valence-corrected chi connectivity index (χ1v) is 13.3. The minimum atomic E-state index is -3.86. The molecular formula is C25H30FN3O4S. The van der Waals surface area contributed by atoms with Crippen LogP contribution in [-0.4, -0.2) is 44.3 Å². The molecule has 0 radical (unpaired) electrons. The van der Waals surface area contributed by atoms with E-state index in [0.717, 1.165) is 25.0 Å². The Kier molecular flexibility index (Phi) is 7.50. The minimum Gasteiger partial charge on any atom is -0.353 e. The molecule has 1 heterocycles. The van der Waals surface area contributed by atoms with E-state index in [4.69, 9.17) is 0 Å². The van der Waals surface area contributed by atoms with Crippen LogP contribution in [0.15, 0.2) is 53.4 Å². The van der Waals surface area contributed by atoms with Crippen molar-refractivity contribution in [3.05, 3.63) is 59.9 Å². The maximum absolute atomic E-state index is 13.1. The summed E-state index contributed by atoms with van der Waals surface area (Å²) in [6.45, 7) is 1.03. The molecule has 1 aliphatic carbocycles. The number of benzene rings is 2. The van der Waals surface area contributed by atoms with Crippen LogP contribution in [0, 0.1) is 11.7 Å². The highest BCUT2D eigenvalue weighted by molar-refractivity contribution is 7.92. The average Bonchev–Trinajstić information content (AvgIpc) is 2.85. The lowest BCUT2D eigenvalue weighted by Crippen LogP contribution is -2.45. The van der Waals surface area contributed by atoms with Gasteiger partial charge in [0.05, 0.1) is 4.90 Å². The Morgan fingerprint density at radius 1 is 0.853 bits per heavy atom. The number of carbonyl (C=O) groups excluding carboxylic acids is 2. The third kappa shape index (κ3) is 5.94. The highest BCUT2D eigenvalue weighted by Gasteiger charge is 2.29.